The van der Waals surface area contributed by atoms with Gasteiger partial charge in [-0.2, -0.15) is 5.10 Å². The number of aryl methyl sites for hydroxylation is 1. The van der Waals surface area contributed by atoms with Crippen molar-refractivity contribution in [2.24, 2.45) is 7.05 Å². The first-order valence-electron chi connectivity index (χ1n) is 11.2. The highest BCUT2D eigenvalue weighted by atomic mass is 35.5. The van der Waals surface area contributed by atoms with Crippen molar-refractivity contribution in [3.05, 3.63) is 70.1 Å². The van der Waals surface area contributed by atoms with E-state index in [0.29, 0.717) is 30.0 Å². The number of aromatic nitrogens is 3. The van der Waals surface area contributed by atoms with Gasteiger partial charge in [-0.1, -0.05) is 36.7 Å². The Balaban J connectivity index is 1.48. The highest BCUT2D eigenvalue weighted by Gasteiger charge is 2.30. The van der Waals surface area contributed by atoms with E-state index in [1.54, 1.807) is 13.2 Å². The summed E-state index contributed by atoms with van der Waals surface area (Å²) in [4.78, 5) is 31.0. The predicted molar refractivity (Wildman–Crippen MR) is 132 cm³/mol. The van der Waals surface area contributed by atoms with Crippen LogP contribution in [-0.4, -0.2) is 51.3 Å². The summed E-state index contributed by atoms with van der Waals surface area (Å²) < 4.78 is 3.27. The topological polar surface area (TPSA) is 63.4 Å². The minimum atomic E-state index is -0.454. The van der Waals surface area contributed by atoms with Crippen molar-refractivity contribution in [3.8, 4) is 0 Å². The lowest BCUT2D eigenvalue weighted by molar-refractivity contribution is -0.135. The monoisotopic (exact) mass is 463 g/mol. The molecule has 170 valence electrons. The van der Waals surface area contributed by atoms with E-state index in [0.717, 1.165) is 35.1 Å². The van der Waals surface area contributed by atoms with Crippen LogP contribution < -0.4 is 10.5 Å². The molecule has 8 heteroatoms. The SMILES string of the molecule is CC[C@@H](C(=O)N1CCN(c2ccc(Cl)cc2)CC1)n1c2ccccc2c2cnn(C)c(=O)c21. The van der Waals surface area contributed by atoms with Crippen LogP contribution in [0.5, 0.6) is 0 Å². The van der Waals surface area contributed by atoms with Crippen molar-refractivity contribution in [3.63, 3.8) is 0 Å². The van der Waals surface area contributed by atoms with E-state index in [4.69, 9.17) is 11.6 Å². The van der Waals surface area contributed by atoms with Gasteiger partial charge < -0.3 is 14.4 Å². The number of nitrogens with zero attached hydrogens (tertiary/aromatic N) is 5. The average molecular weight is 464 g/mol. The second-order valence-electron chi connectivity index (χ2n) is 8.44. The number of rotatable bonds is 4. The Hall–Kier alpha value is -3.32. The summed E-state index contributed by atoms with van der Waals surface area (Å²) in [7, 11) is 1.64. The number of hydrogen-bond acceptors (Lipinski definition) is 4. The molecule has 1 aliphatic heterocycles. The van der Waals surface area contributed by atoms with Gasteiger partial charge in [-0.3, -0.25) is 9.59 Å². The molecule has 0 N–H and O–H groups in total. The zero-order valence-electron chi connectivity index (χ0n) is 18.7. The molecule has 4 aromatic rings. The molecule has 0 saturated carbocycles. The Morgan fingerprint density at radius 1 is 1.03 bits per heavy atom. The summed E-state index contributed by atoms with van der Waals surface area (Å²) in [6.07, 6.45) is 2.31. The summed E-state index contributed by atoms with van der Waals surface area (Å²) in [5, 5.41) is 6.65. The number of carbonyl (C=O) groups excluding carboxylic acids is 1. The van der Waals surface area contributed by atoms with Crippen LogP contribution in [0.3, 0.4) is 0 Å². The van der Waals surface area contributed by atoms with Crippen molar-refractivity contribution in [2.45, 2.75) is 19.4 Å². The van der Waals surface area contributed by atoms with Crippen LogP contribution in [0.2, 0.25) is 5.02 Å². The predicted octanol–water partition coefficient (Wildman–Crippen LogP) is 3.84. The first-order chi connectivity index (χ1) is 16.0. The maximum Gasteiger partial charge on any atom is 0.291 e. The van der Waals surface area contributed by atoms with Gasteiger partial charge in [0.05, 0.1) is 11.7 Å². The van der Waals surface area contributed by atoms with Gasteiger partial charge in [0.25, 0.3) is 5.56 Å². The standard InChI is InChI=1S/C25H26ClN5O2/c1-3-21(24(32)30-14-12-29(13-15-30)18-10-8-17(26)9-11-18)31-22-7-5-4-6-19(22)20-16-27-28(2)25(33)23(20)31/h4-11,16,21H,3,12-15H2,1-2H3/t21-/m0/s1. The third kappa shape index (κ3) is 3.66. The van der Waals surface area contributed by atoms with Crippen LogP contribution in [0.25, 0.3) is 21.8 Å². The fourth-order valence-corrected chi connectivity index (χ4v) is 4.95. The molecule has 0 spiro atoms. The molecule has 1 amide bonds. The van der Waals surface area contributed by atoms with E-state index in [2.05, 4.69) is 10.00 Å². The van der Waals surface area contributed by atoms with Gasteiger partial charge in [-0.25, -0.2) is 4.68 Å². The highest BCUT2D eigenvalue weighted by molar-refractivity contribution is 6.30. The lowest BCUT2D eigenvalue weighted by Crippen LogP contribution is -2.50. The maximum atomic E-state index is 13.7. The van der Waals surface area contributed by atoms with E-state index in [1.807, 2.05) is 64.9 Å². The Morgan fingerprint density at radius 2 is 1.73 bits per heavy atom. The molecular weight excluding hydrogens is 438 g/mol. The third-order valence-electron chi connectivity index (χ3n) is 6.57. The van der Waals surface area contributed by atoms with Gasteiger partial charge in [0, 0.05) is 54.7 Å². The van der Waals surface area contributed by atoms with Crippen molar-refractivity contribution in [1.29, 1.82) is 0 Å². The Bertz CT molecular complexity index is 1380. The van der Waals surface area contributed by atoms with Crippen molar-refractivity contribution in [2.75, 3.05) is 31.1 Å². The quantitative estimate of drug-likeness (QED) is 0.461. The molecule has 2 aromatic heterocycles. The van der Waals surface area contributed by atoms with Gasteiger partial charge in [-0.05, 0) is 36.8 Å². The molecule has 0 bridgehead atoms. The molecule has 1 atom stereocenters. The first kappa shape index (κ1) is 21.5. The number of piperazine rings is 1. The molecule has 5 rings (SSSR count). The summed E-state index contributed by atoms with van der Waals surface area (Å²) in [6.45, 7) is 4.77. The van der Waals surface area contributed by atoms with Crippen LogP contribution in [0.1, 0.15) is 19.4 Å². The molecule has 0 aliphatic carbocycles. The van der Waals surface area contributed by atoms with E-state index >= 15 is 0 Å². The van der Waals surface area contributed by atoms with Crippen molar-refractivity contribution >= 4 is 45.0 Å². The van der Waals surface area contributed by atoms with Crippen molar-refractivity contribution < 1.29 is 4.79 Å². The molecule has 33 heavy (non-hydrogen) atoms. The number of para-hydroxylation sites is 1. The van der Waals surface area contributed by atoms with Crippen LogP contribution in [0.4, 0.5) is 5.69 Å². The molecule has 0 radical (unpaired) electrons. The zero-order chi connectivity index (χ0) is 23.1. The number of carbonyl (C=O) groups is 1. The van der Waals surface area contributed by atoms with Gasteiger partial charge >= 0.3 is 0 Å². The summed E-state index contributed by atoms with van der Waals surface area (Å²) in [5.41, 5.74) is 2.34. The minimum absolute atomic E-state index is 0.0507. The smallest absolute Gasteiger partial charge is 0.291 e. The summed E-state index contributed by atoms with van der Waals surface area (Å²) >= 11 is 6.02. The van der Waals surface area contributed by atoms with E-state index in [1.165, 1.54) is 4.68 Å². The summed E-state index contributed by atoms with van der Waals surface area (Å²) in [6, 6.07) is 15.2. The molecule has 1 aliphatic rings. The number of hydrogen-bond donors (Lipinski definition) is 0. The van der Waals surface area contributed by atoms with E-state index in [9.17, 15) is 9.59 Å². The summed E-state index contributed by atoms with van der Waals surface area (Å²) in [5.74, 6) is 0.0507. The number of amides is 1. The Morgan fingerprint density at radius 3 is 2.42 bits per heavy atom. The number of anilines is 1. The first-order valence-corrected chi connectivity index (χ1v) is 11.6. The van der Waals surface area contributed by atoms with Gasteiger partial charge in [-0.15, -0.1) is 0 Å². The molecular formula is C25H26ClN5O2. The maximum absolute atomic E-state index is 13.7. The van der Waals surface area contributed by atoms with Gasteiger partial charge in [0.2, 0.25) is 5.91 Å². The van der Waals surface area contributed by atoms with Crippen LogP contribution in [0, 0.1) is 0 Å². The van der Waals surface area contributed by atoms with Gasteiger partial charge in [0.15, 0.2) is 0 Å². The van der Waals surface area contributed by atoms with Crippen LogP contribution in [-0.2, 0) is 11.8 Å². The van der Waals surface area contributed by atoms with Crippen LogP contribution in [0.15, 0.2) is 59.5 Å². The lowest BCUT2D eigenvalue weighted by atomic mass is 10.1. The third-order valence-corrected chi connectivity index (χ3v) is 6.82. The second-order valence-corrected chi connectivity index (χ2v) is 8.87. The molecule has 1 fully saturated rings. The molecule has 1 saturated heterocycles. The van der Waals surface area contributed by atoms with Crippen LogP contribution >= 0.6 is 11.6 Å². The van der Waals surface area contributed by atoms with E-state index < -0.39 is 6.04 Å². The van der Waals surface area contributed by atoms with Gasteiger partial charge in [0.1, 0.15) is 11.6 Å². The molecule has 0 unspecified atom stereocenters. The number of halogens is 1. The number of fused-ring (bicyclic) bond motifs is 3. The minimum Gasteiger partial charge on any atom is -0.368 e. The molecule has 2 aromatic carbocycles. The fraction of sp³-hybridized carbons (Fsp3) is 0.320. The average Bonchev–Trinajstić information content (AvgIpc) is 3.17. The molecule has 3 heterocycles. The normalized spacial score (nSPS) is 15.4. The largest absolute Gasteiger partial charge is 0.368 e. The Kier molecular flexibility index (Phi) is 5.58. The molecule has 7 nitrogen and oxygen atoms in total. The van der Waals surface area contributed by atoms with Crippen molar-refractivity contribution in [1.82, 2.24) is 19.2 Å². The van der Waals surface area contributed by atoms with E-state index in [-0.39, 0.29) is 11.5 Å². The Labute approximate surface area is 196 Å². The fourth-order valence-electron chi connectivity index (χ4n) is 4.83. The second kappa shape index (κ2) is 8.56. The highest BCUT2D eigenvalue weighted by Crippen LogP contribution is 2.32. The zero-order valence-corrected chi connectivity index (χ0v) is 19.5. The lowest BCUT2D eigenvalue weighted by Gasteiger charge is -2.38. The number of benzene rings is 2.